The average Bonchev–Trinajstić information content (AvgIpc) is 2.24. The number of rotatable bonds is 5. The maximum Gasteiger partial charge on any atom is 0.407 e. The number of carbonyl (C=O) groups is 1. The molecule has 0 unspecified atom stereocenters. The number of carbonyl (C=O) groups excluding carboxylic acids is 1. The third-order valence-corrected chi connectivity index (χ3v) is 2.29. The highest BCUT2D eigenvalue weighted by Gasteiger charge is 2.15. The van der Waals surface area contributed by atoms with Crippen molar-refractivity contribution in [2.24, 2.45) is 0 Å². The van der Waals surface area contributed by atoms with Gasteiger partial charge in [0, 0.05) is 24.5 Å². The lowest BCUT2D eigenvalue weighted by atomic mass is 10.2. The van der Waals surface area contributed by atoms with E-state index in [1.807, 2.05) is 40.7 Å². The normalized spacial score (nSPS) is 11.1. The van der Waals surface area contributed by atoms with Crippen LogP contribution in [-0.2, 0) is 4.74 Å². The summed E-state index contributed by atoms with van der Waals surface area (Å²) < 4.78 is 5.14. The number of hydrogen-bond acceptors (Lipinski definition) is 5. The molecule has 20 heavy (non-hydrogen) atoms. The summed E-state index contributed by atoms with van der Waals surface area (Å²) >= 11 is 0. The van der Waals surface area contributed by atoms with Crippen molar-refractivity contribution in [2.45, 2.75) is 46.6 Å². The molecule has 0 bridgehead atoms. The Morgan fingerprint density at radius 1 is 1.20 bits per heavy atom. The summed E-state index contributed by atoms with van der Waals surface area (Å²) in [5.74, 6) is 0.625. The first kappa shape index (κ1) is 16.2. The van der Waals surface area contributed by atoms with Gasteiger partial charge >= 0.3 is 6.09 Å². The first-order valence-electron chi connectivity index (χ1n) is 6.79. The van der Waals surface area contributed by atoms with E-state index in [4.69, 9.17) is 4.74 Å². The Kier molecular flexibility index (Phi) is 5.73. The van der Waals surface area contributed by atoms with Gasteiger partial charge in [-0.1, -0.05) is 0 Å². The van der Waals surface area contributed by atoms with Crippen LogP contribution in [0.25, 0.3) is 0 Å². The molecule has 6 heteroatoms. The lowest BCUT2D eigenvalue weighted by Crippen LogP contribution is -2.33. The molecule has 1 amide bonds. The van der Waals surface area contributed by atoms with Gasteiger partial charge in [-0.2, -0.15) is 0 Å². The second kappa shape index (κ2) is 7.07. The van der Waals surface area contributed by atoms with Gasteiger partial charge in [0.15, 0.2) is 0 Å². The largest absolute Gasteiger partial charge is 0.444 e. The minimum atomic E-state index is -0.463. The maximum absolute atomic E-state index is 11.4. The molecule has 2 N–H and O–H groups in total. The number of aromatic nitrogens is 2. The molecule has 1 rings (SSSR count). The molecule has 0 atom stereocenters. The van der Waals surface area contributed by atoms with Crippen LogP contribution in [-0.4, -0.2) is 34.8 Å². The molecular weight excluding hydrogens is 256 g/mol. The molecular formula is C14H24N4O2. The van der Waals surface area contributed by atoms with E-state index in [1.165, 1.54) is 0 Å². The van der Waals surface area contributed by atoms with Crippen LogP contribution in [0.5, 0.6) is 0 Å². The second-order valence-corrected chi connectivity index (χ2v) is 5.68. The smallest absolute Gasteiger partial charge is 0.407 e. The maximum atomic E-state index is 11.4. The molecule has 0 fully saturated rings. The van der Waals surface area contributed by atoms with Gasteiger partial charge in [0.2, 0.25) is 5.95 Å². The predicted octanol–water partition coefficient (Wildman–Crippen LogP) is 2.42. The van der Waals surface area contributed by atoms with Gasteiger partial charge in [-0.05, 0) is 47.1 Å². The van der Waals surface area contributed by atoms with Crippen molar-refractivity contribution in [2.75, 3.05) is 18.4 Å². The number of aryl methyl sites for hydroxylation is 2. The molecule has 0 saturated heterocycles. The number of hydrogen-bond donors (Lipinski definition) is 2. The topological polar surface area (TPSA) is 76.1 Å². The van der Waals surface area contributed by atoms with E-state index >= 15 is 0 Å². The first-order chi connectivity index (χ1) is 9.26. The summed E-state index contributed by atoms with van der Waals surface area (Å²) in [6.45, 7) is 10.6. The molecule has 0 aliphatic heterocycles. The number of nitrogens with one attached hydrogen (secondary N) is 2. The quantitative estimate of drug-likeness (QED) is 0.810. The zero-order valence-electron chi connectivity index (χ0n) is 12.9. The summed E-state index contributed by atoms with van der Waals surface area (Å²) in [6.07, 6.45) is 0.385. The molecule has 0 radical (unpaired) electrons. The van der Waals surface area contributed by atoms with E-state index in [1.54, 1.807) is 0 Å². The number of alkyl carbamates (subject to hydrolysis) is 1. The highest BCUT2D eigenvalue weighted by molar-refractivity contribution is 5.67. The molecule has 0 spiro atoms. The Labute approximate surface area is 120 Å². The van der Waals surface area contributed by atoms with Crippen molar-refractivity contribution in [3.05, 3.63) is 17.5 Å². The van der Waals surface area contributed by atoms with Crippen LogP contribution < -0.4 is 10.6 Å². The fourth-order valence-corrected chi connectivity index (χ4v) is 1.60. The standard InChI is InChI=1S/C14H24N4O2/c1-10-9-11(2)18-12(17-10)15-7-6-8-16-13(19)20-14(3,4)5/h9H,6-8H2,1-5H3,(H,16,19)(H,15,17,18). The number of ether oxygens (including phenoxy) is 1. The lowest BCUT2D eigenvalue weighted by molar-refractivity contribution is 0.0528. The van der Waals surface area contributed by atoms with Gasteiger partial charge in [-0.3, -0.25) is 0 Å². The molecule has 0 aromatic carbocycles. The van der Waals surface area contributed by atoms with Crippen LogP contribution in [0.1, 0.15) is 38.6 Å². The summed E-state index contributed by atoms with van der Waals surface area (Å²) in [4.78, 5) is 20.0. The highest BCUT2D eigenvalue weighted by Crippen LogP contribution is 2.06. The monoisotopic (exact) mass is 280 g/mol. The fraction of sp³-hybridized carbons (Fsp3) is 0.643. The molecule has 0 aliphatic carbocycles. The minimum absolute atomic E-state index is 0.389. The fourth-order valence-electron chi connectivity index (χ4n) is 1.60. The number of nitrogens with zero attached hydrogens (tertiary/aromatic N) is 2. The van der Waals surface area contributed by atoms with E-state index in [0.717, 1.165) is 17.8 Å². The Morgan fingerprint density at radius 2 is 1.80 bits per heavy atom. The van der Waals surface area contributed by atoms with Gasteiger partial charge in [-0.15, -0.1) is 0 Å². The van der Waals surface area contributed by atoms with Gasteiger partial charge in [0.1, 0.15) is 5.60 Å². The molecule has 6 nitrogen and oxygen atoms in total. The van der Waals surface area contributed by atoms with E-state index in [2.05, 4.69) is 20.6 Å². The van der Waals surface area contributed by atoms with Crippen LogP contribution in [0, 0.1) is 13.8 Å². The second-order valence-electron chi connectivity index (χ2n) is 5.68. The van der Waals surface area contributed by atoms with Gasteiger partial charge in [0.25, 0.3) is 0 Å². The van der Waals surface area contributed by atoms with Crippen molar-refractivity contribution in [1.82, 2.24) is 15.3 Å². The van der Waals surface area contributed by atoms with Crippen LogP contribution in [0.4, 0.5) is 10.7 Å². The van der Waals surface area contributed by atoms with Crippen molar-refractivity contribution in [3.8, 4) is 0 Å². The zero-order chi connectivity index (χ0) is 15.2. The Bertz CT molecular complexity index is 435. The molecule has 112 valence electrons. The zero-order valence-corrected chi connectivity index (χ0v) is 12.9. The average molecular weight is 280 g/mol. The third kappa shape index (κ3) is 6.92. The van der Waals surface area contributed by atoms with Crippen molar-refractivity contribution in [3.63, 3.8) is 0 Å². The first-order valence-corrected chi connectivity index (χ1v) is 6.79. The summed E-state index contributed by atoms with van der Waals surface area (Å²) in [5, 5.41) is 5.84. The van der Waals surface area contributed by atoms with Gasteiger partial charge < -0.3 is 15.4 Å². The van der Waals surface area contributed by atoms with Gasteiger partial charge in [0.05, 0.1) is 0 Å². The summed E-state index contributed by atoms with van der Waals surface area (Å²) in [6, 6.07) is 1.93. The SMILES string of the molecule is Cc1cc(C)nc(NCCCNC(=O)OC(C)(C)C)n1. The Morgan fingerprint density at radius 3 is 2.35 bits per heavy atom. The molecule has 1 aromatic heterocycles. The molecule has 0 aliphatic rings. The summed E-state index contributed by atoms with van der Waals surface area (Å²) in [7, 11) is 0. The molecule has 1 aromatic rings. The van der Waals surface area contributed by atoms with Crippen LogP contribution >= 0.6 is 0 Å². The molecule has 1 heterocycles. The number of anilines is 1. The van der Waals surface area contributed by atoms with Crippen LogP contribution in [0.3, 0.4) is 0 Å². The van der Waals surface area contributed by atoms with Crippen LogP contribution in [0.2, 0.25) is 0 Å². The van der Waals surface area contributed by atoms with E-state index in [-0.39, 0.29) is 6.09 Å². The van der Waals surface area contributed by atoms with E-state index in [9.17, 15) is 4.79 Å². The predicted molar refractivity (Wildman–Crippen MR) is 78.8 cm³/mol. The Hall–Kier alpha value is -1.85. The molecule has 0 saturated carbocycles. The van der Waals surface area contributed by atoms with Crippen molar-refractivity contribution >= 4 is 12.0 Å². The highest BCUT2D eigenvalue weighted by atomic mass is 16.6. The van der Waals surface area contributed by atoms with Crippen LogP contribution in [0.15, 0.2) is 6.07 Å². The van der Waals surface area contributed by atoms with E-state index in [0.29, 0.717) is 19.0 Å². The van der Waals surface area contributed by atoms with Crippen molar-refractivity contribution < 1.29 is 9.53 Å². The van der Waals surface area contributed by atoms with Crippen molar-refractivity contribution in [1.29, 1.82) is 0 Å². The summed E-state index contributed by atoms with van der Waals surface area (Å²) in [5.41, 5.74) is 1.41. The lowest BCUT2D eigenvalue weighted by Gasteiger charge is -2.19. The Balaban J connectivity index is 2.20. The third-order valence-electron chi connectivity index (χ3n) is 2.29. The number of amides is 1. The minimum Gasteiger partial charge on any atom is -0.444 e. The van der Waals surface area contributed by atoms with E-state index < -0.39 is 5.60 Å². The van der Waals surface area contributed by atoms with Gasteiger partial charge in [-0.25, -0.2) is 14.8 Å².